The fraction of sp³-hybridized carbons (Fsp3) is 0.412. The van der Waals surface area contributed by atoms with Crippen molar-refractivity contribution in [3.05, 3.63) is 63.3 Å². The largest absolute Gasteiger partial charge is 0.310 e. The summed E-state index contributed by atoms with van der Waals surface area (Å²) >= 11 is 0. The Morgan fingerprint density at radius 3 is 2.45 bits per heavy atom. The molecule has 1 heterocycles. The summed E-state index contributed by atoms with van der Waals surface area (Å²) in [5.41, 5.74) is 2.87. The van der Waals surface area contributed by atoms with Crippen molar-refractivity contribution in [2.24, 2.45) is 0 Å². The molecule has 3 nitrogen and oxygen atoms in total. The van der Waals surface area contributed by atoms with Crippen LogP contribution in [0.1, 0.15) is 48.8 Å². The molecule has 0 spiro atoms. The van der Waals surface area contributed by atoms with Crippen molar-refractivity contribution in [2.75, 3.05) is 0 Å². The highest BCUT2D eigenvalue weighted by molar-refractivity contribution is 5.36. The van der Waals surface area contributed by atoms with Crippen molar-refractivity contribution in [2.45, 2.75) is 44.9 Å². The second-order valence-corrected chi connectivity index (χ2v) is 5.63. The van der Waals surface area contributed by atoms with Crippen LogP contribution in [-0.2, 0) is 11.8 Å². The van der Waals surface area contributed by atoms with Crippen LogP contribution < -0.4 is 5.56 Å². The maximum Gasteiger partial charge on any atom is 0.254 e. The third-order valence-electron chi connectivity index (χ3n) is 4.56. The average Bonchev–Trinajstić information content (AvgIpc) is 2.38. The third-order valence-corrected chi connectivity index (χ3v) is 4.56. The van der Waals surface area contributed by atoms with E-state index in [1.165, 1.54) is 12.0 Å². The van der Waals surface area contributed by atoms with Crippen molar-refractivity contribution in [1.82, 2.24) is 9.97 Å². The quantitative estimate of drug-likeness (QED) is 0.929. The number of hydrogen-bond donors (Lipinski definition) is 1. The van der Waals surface area contributed by atoms with Gasteiger partial charge in [-0.15, -0.1) is 0 Å². The minimum atomic E-state index is -0.0859. The van der Waals surface area contributed by atoms with Gasteiger partial charge in [-0.25, -0.2) is 4.98 Å². The van der Waals surface area contributed by atoms with Gasteiger partial charge in [0.2, 0.25) is 0 Å². The molecule has 1 aliphatic carbocycles. The molecule has 0 radical (unpaired) electrons. The maximum atomic E-state index is 12.2. The minimum Gasteiger partial charge on any atom is -0.310 e. The van der Waals surface area contributed by atoms with Crippen LogP contribution >= 0.6 is 0 Å². The van der Waals surface area contributed by atoms with Gasteiger partial charge in [0.15, 0.2) is 0 Å². The Labute approximate surface area is 119 Å². The second-order valence-electron chi connectivity index (χ2n) is 5.63. The molecule has 1 aromatic carbocycles. The highest BCUT2D eigenvalue weighted by atomic mass is 16.1. The molecule has 1 aromatic heterocycles. The van der Waals surface area contributed by atoms with Gasteiger partial charge >= 0.3 is 0 Å². The van der Waals surface area contributed by atoms with Crippen molar-refractivity contribution in [3.63, 3.8) is 0 Å². The summed E-state index contributed by atoms with van der Waals surface area (Å²) in [6, 6.07) is 10.4. The predicted octanol–water partition coefficient (Wildman–Crippen LogP) is 3.11. The van der Waals surface area contributed by atoms with Crippen molar-refractivity contribution in [1.29, 1.82) is 0 Å². The Balaban J connectivity index is 2.14. The van der Waals surface area contributed by atoms with Crippen LogP contribution in [0.15, 0.2) is 35.1 Å². The number of H-pyrrole nitrogens is 1. The Morgan fingerprint density at radius 2 is 1.95 bits per heavy atom. The standard InChI is InChI=1S/C17H20N2O/c1-3-14-12(2)18-16(19-15(14)20)17(10-7-11-17)13-8-5-4-6-9-13/h4-6,8-9H,3,7,10-11H2,1-2H3,(H,18,19,20). The van der Waals surface area contributed by atoms with Crippen LogP contribution in [-0.4, -0.2) is 9.97 Å². The zero-order chi connectivity index (χ0) is 14.2. The molecule has 0 atom stereocenters. The van der Waals surface area contributed by atoms with Gasteiger partial charge in [-0.3, -0.25) is 4.79 Å². The number of benzene rings is 1. The molecule has 0 unspecified atom stereocenters. The Bertz CT molecular complexity index is 669. The third kappa shape index (κ3) is 1.89. The van der Waals surface area contributed by atoms with E-state index in [1.54, 1.807) is 0 Å². The van der Waals surface area contributed by atoms with E-state index in [0.717, 1.165) is 36.3 Å². The Hall–Kier alpha value is -1.90. The van der Waals surface area contributed by atoms with Crippen molar-refractivity contribution in [3.8, 4) is 0 Å². The van der Waals surface area contributed by atoms with E-state index in [4.69, 9.17) is 4.98 Å². The lowest BCUT2D eigenvalue weighted by molar-refractivity contribution is 0.283. The van der Waals surface area contributed by atoms with Crippen LogP contribution in [0.4, 0.5) is 0 Å². The molecule has 20 heavy (non-hydrogen) atoms. The number of nitrogens with one attached hydrogen (secondary N) is 1. The Morgan fingerprint density at radius 1 is 1.25 bits per heavy atom. The van der Waals surface area contributed by atoms with Gasteiger partial charge in [0.05, 0.1) is 5.41 Å². The molecule has 0 amide bonds. The fourth-order valence-corrected chi connectivity index (χ4v) is 3.20. The summed E-state index contributed by atoms with van der Waals surface area (Å²) in [6.07, 6.45) is 4.04. The first-order valence-corrected chi connectivity index (χ1v) is 7.33. The average molecular weight is 268 g/mol. The SMILES string of the molecule is CCc1c(C)nc(C2(c3ccccc3)CCC2)[nH]c1=O. The van der Waals surface area contributed by atoms with Gasteiger partial charge < -0.3 is 4.98 Å². The molecule has 1 N–H and O–H groups in total. The van der Waals surface area contributed by atoms with Gasteiger partial charge in [-0.1, -0.05) is 43.7 Å². The van der Waals surface area contributed by atoms with Gasteiger partial charge in [-0.2, -0.15) is 0 Å². The predicted molar refractivity (Wildman–Crippen MR) is 80.0 cm³/mol. The molecule has 104 valence electrons. The number of aryl methyl sites for hydroxylation is 1. The molecule has 3 rings (SSSR count). The molecule has 3 heteroatoms. The maximum absolute atomic E-state index is 12.2. The van der Waals surface area contributed by atoms with E-state index >= 15 is 0 Å². The van der Waals surface area contributed by atoms with Crippen LogP contribution in [0.5, 0.6) is 0 Å². The monoisotopic (exact) mass is 268 g/mol. The van der Waals surface area contributed by atoms with E-state index in [-0.39, 0.29) is 11.0 Å². The second kappa shape index (κ2) is 4.89. The zero-order valence-corrected chi connectivity index (χ0v) is 12.1. The first-order chi connectivity index (χ1) is 9.67. The van der Waals surface area contributed by atoms with Gasteiger partial charge in [-0.05, 0) is 31.7 Å². The molecule has 0 bridgehead atoms. The van der Waals surface area contributed by atoms with Crippen LogP contribution in [0.2, 0.25) is 0 Å². The van der Waals surface area contributed by atoms with Crippen LogP contribution in [0.3, 0.4) is 0 Å². The van der Waals surface area contributed by atoms with E-state index in [1.807, 2.05) is 19.9 Å². The zero-order valence-electron chi connectivity index (χ0n) is 12.1. The molecular weight excluding hydrogens is 248 g/mol. The lowest BCUT2D eigenvalue weighted by Gasteiger charge is -2.41. The number of aromatic nitrogens is 2. The smallest absolute Gasteiger partial charge is 0.254 e. The lowest BCUT2D eigenvalue weighted by atomic mass is 9.64. The lowest BCUT2D eigenvalue weighted by Crippen LogP contribution is -2.39. The number of nitrogens with zero attached hydrogens (tertiary/aromatic N) is 1. The molecule has 0 aliphatic heterocycles. The molecule has 1 fully saturated rings. The molecule has 2 aromatic rings. The molecule has 1 aliphatic rings. The van der Waals surface area contributed by atoms with Crippen molar-refractivity contribution < 1.29 is 0 Å². The molecule has 0 saturated heterocycles. The number of aromatic amines is 1. The van der Waals surface area contributed by atoms with Crippen LogP contribution in [0, 0.1) is 6.92 Å². The van der Waals surface area contributed by atoms with E-state index < -0.39 is 0 Å². The van der Waals surface area contributed by atoms with E-state index in [9.17, 15) is 4.79 Å². The summed E-state index contributed by atoms with van der Waals surface area (Å²) < 4.78 is 0. The summed E-state index contributed by atoms with van der Waals surface area (Å²) in [5, 5.41) is 0. The van der Waals surface area contributed by atoms with E-state index in [2.05, 4.69) is 29.2 Å². The van der Waals surface area contributed by atoms with Gasteiger partial charge in [0.25, 0.3) is 5.56 Å². The minimum absolute atomic E-state index is 0.0252. The highest BCUT2D eigenvalue weighted by Crippen LogP contribution is 2.47. The normalized spacial score (nSPS) is 16.7. The number of hydrogen-bond acceptors (Lipinski definition) is 2. The first-order valence-electron chi connectivity index (χ1n) is 7.33. The van der Waals surface area contributed by atoms with Crippen LogP contribution in [0.25, 0.3) is 0 Å². The Kier molecular flexibility index (Phi) is 3.20. The highest BCUT2D eigenvalue weighted by Gasteiger charge is 2.42. The fourth-order valence-electron chi connectivity index (χ4n) is 3.20. The summed E-state index contributed by atoms with van der Waals surface area (Å²) in [4.78, 5) is 20.0. The molecule has 1 saturated carbocycles. The topological polar surface area (TPSA) is 45.8 Å². The van der Waals surface area contributed by atoms with Gasteiger partial charge in [0.1, 0.15) is 5.82 Å². The first kappa shape index (κ1) is 13.1. The van der Waals surface area contributed by atoms with E-state index in [0.29, 0.717) is 0 Å². The number of rotatable bonds is 3. The summed E-state index contributed by atoms with van der Waals surface area (Å²) in [7, 11) is 0. The molecular formula is C17H20N2O. The summed E-state index contributed by atoms with van der Waals surface area (Å²) in [5.74, 6) is 0.842. The van der Waals surface area contributed by atoms with Crippen molar-refractivity contribution >= 4 is 0 Å². The van der Waals surface area contributed by atoms with Gasteiger partial charge in [0, 0.05) is 11.3 Å². The summed E-state index contributed by atoms with van der Waals surface area (Å²) in [6.45, 7) is 3.93.